The minimum atomic E-state index is -4.46. The quantitative estimate of drug-likeness (QED) is 0.695. The normalized spacial score (nSPS) is 23.6. The molecule has 4 nitrogen and oxygen atoms in total. The maximum atomic E-state index is 13.3. The summed E-state index contributed by atoms with van der Waals surface area (Å²) in [5.41, 5.74) is 0.0397. The van der Waals surface area contributed by atoms with Gasteiger partial charge < -0.3 is 9.80 Å². The van der Waals surface area contributed by atoms with Crippen molar-refractivity contribution in [3.8, 4) is 0 Å². The van der Waals surface area contributed by atoms with Crippen LogP contribution in [0.2, 0.25) is 5.02 Å². The first-order valence-corrected chi connectivity index (χ1v) is 10.1. The van der Waals surface area contributed by atoms with Crippen molar-refractivity contribution in [1.29, 1.82) is 0 Å². The average Bonchev–Trinajstić information content (AvgIpc) is 3.42. The number of benzene rings is 2. The standard InChI is InChI=1S/C22H20ClF3N2O2/c1-27(19-10-11-28(21(19)30)18-9-5-4-8-17(18)23)20(29)15-12-14(15)13-6-2-3-7-16(13)22(24,25)26/h2-9,14-15,19H,10-12H2,1H3/t14-,15-,19+/m1/s1. The third-order valence-corrected chi connectivity index (χ3v) is 6.23. The Balaban J connectivity index is 1.47. The average molecular weight is 437 g/mol. The van der Waals surface area contributed by atoms with E-state index in [2.05, 4.69) is 0 Å². The van der Waals surface area contributed by atoms with E-state index in [4.69, 9.17) is 11.6 Å². The fourth-order valence-corrected chi connectivity index (χ4v) is 4.48. The number of carbonyl (C=O) groups excluding carboxylic acids is 2. The van der Waals surface area contributed by atoms with Crippen LogP contribution in [0.3, 0.4) is 0 Å². The number of hydrogen-bond donors (Lipinski definition) is 0. The monoisotopic (exact) mass is 436 g/mol. The molecule has 2 aliphatic rings. The van der Waals surface area contributed by atoms with E-state index in [1.807, 2.05) is 0 Å². The van der Waals surface area contributed by atoms with E-state index in [0.29, 0.717) is 30.1 Å². The lowest BCUT2D eigenvalue weighted by molar-refractivity contribution is -0.139. The van der Waals surface area contributed by atoms with Gasteiger partial charge >= 0.3 is 6.18 Å². The van der Waals surface area contributed by atoms with Crippen LogP contribution >= 0.6 is 11.6 Å². The van der Waals surface area contributed by atoms with E-state index < -0.39 is 29.6 Å². The van der Waals surface area contributed by atoms with Crippen molar-refractivity contribution >= 4 is 29.1 Å². The highest BCUT2D eigenvalue weighted by atomic mass is 35.5. The fraction of sp³-hybridized carbons (Fsp3) is 0.364. The number of para-hydroxylation sites is 1. The Bertz CT molecular complexity index is 994. The largest absolute Gasteiger partial charge is 0.416 e. The van der Waals surface area contributed by atoms with Crippen molar-refractivity contribution in [2.24, 2.45) is 5.92 Å². The second-order valence-electron chi connectivity index (χ2n) is 7.73. The molecule has 0 aromatic heterocycles. The van der Waals surface area contributed by atoms with Gasteiger partial charge in [0.1, 0.15) is 6.04 Å². The van der Waals surface area contributed by atoms with Crippen LogP contribution in [0.1, 0.15) is 29.9 Å². The van der Waals surface area contributed by atoms with Gasteiger partial charge in [-0.25, -0.2) is 0 Å². The Hall–Kier alpha value is -2.54. The molecule has 158 valence electrons. The van der Waals surface area contributed by atoms with Crippen LogP contribution in [0.4, 0.5) is 18.9 Å². The highest BCUT2D eigenvalue weighted by Gasteiger charge is 2.50. The molecule has 1 saturated heterocycles. The molecular weight excluding hydrogens is 417 g/mol. The molecule has 0 N–H and O–H groups in total. The SMILES string of the molecule is CN(C(=O)[C@@H]1C[C@@H]1c1ccccc1C(F)(F)F)[C@H]1CCN(c2ccccc2Cl)C1=O. The number of hydrogen-bond acceptors (Lipinski definition) is 2. The molecule has 2 fully saturated rings. The topological polar surface area (TPSA) is 40.6 Å². The zero-order valence-electron chi connectivity index (χ0n) is 16.2. The third-order valence-electron chi connectivity index (χ3n) is 5.91. The summed E-state index contributed by atoms with van der Waals surface area (Å²) < 4.78 is 39.9. The molecule has 0 spiro atoms. The van der Waals surface area contributed by atoms with E-state index in [1.54, 1.807) is 42.3 Å². The summed E-state index contributed by atoms with van der Waals surface area (Å²) in [6.07, 6.45) is -3.66. The van der Waals surface area contributed by atoms with Crippen molar-refractivity contribution < 1.29 is 22.8 Å². The number of nitrogens with zero attached hydrogens (tertiary/aromatic N) is 2. The molecule has 1 heterocycles. The smallest absolute Gasteiger partial charge is 0.333 e. The first-order valence-electron chi connectivity index (χ1n) is 9.69. The summed E-state index contributed by atoms with van der Waals surface area (Å²) in [5.74, 6) is -1.54. The molecule has 8 heteroatoms. The van der Waals surface area contributed by atoms with Gasteiger partial charge in [0.15, 0.2) is 0 Å². The molecule has 2 amide bonds. The number of likely N-dealkylation sites (N-methyl/N-ethyl adjacent to an activating group) is 1. The minimum Gasteiger partial charge on any atom is -0.333 e. The van der Waals surface area contributed by atoms with Gasteiger partial charge in [0.2, 0.25) is 11.8 Å². The summed E-state index contributed by atoms with van der Waals surface area (Å²) in [6.45, 7) is 0.426. The van der Waals surface area contributed by atoms with Gasteiger partial charge in [0.25, 0.3) is 0 Å². The van der Waals surface area contributed by atoms with Gasteiger partial charge in [-0.1, -0.05) is 41.9 Å². The molecule has 0 bridgehead atoms. The van der Waals surface area contributed by atoms with Crippen molar-refractivity contribution in [2.45, 2.75) is 31.0 Å². The lowest BCUT2D eigenvalue weighted by Gasteiger charge is -2.25. The van der Waals surface area contributed by atoms with E-state index in [9.17, 15) is 22.8 Å². The summed E-state index contributed by atoms with van der Waals surface area (Å²) in [7, 11) is 1.55. The number of carbonyl (C=O) groups is 2. The zero-order chi connectivity index (χ0) is 21.6. The molecule has 1 aliphatic carbocycles. The predicted molar refractivity (Wildman–Crippen MR) is 107 cm³/mol. The highest BCUT2D eigenvalue weighted by Crippen LogP contribution is 2.52. The highest BCUT2D eigenvalue weighted by molar-refractivity contribution is 6.34. The lowest BCUT2D eigenvalue weighted by Crippen LogP contribution is -2.43. The third kappa shape index (κ3) is 3.67. The van der Waals surface area contributed by atoms with Crippen molar-refractivity contribution in [3.63, 3.8) is 0 Å². The number of rotatable bonds is 4. The van der Waals surface area contributed by atoms with Crippen LogP contribution in [-0.4, -0.2) is 36.3 Å². The van der Waals surface area contributed by atoms with Crippen LogP contribution in [0.5, 0.6) is 0 Å². The first kappa shape index (κ1) is 20.7. The predicted octanol–water partition coefficient (Wildman–Crippen LogP) is 4.73. The first-order chi connectivity index (χ1) is 14.2. The molecule has 2 aromatic carbocycles. The molecule has 2 aromatic rings. The van der Waals surface area contributed by atoms with Crippen LogP contribution < -0.4 is 4.90 Å². The van der Waals surface area contributed by atoms with E-state index in [-0.39, 0.29) is 17.4 Å². The summed E-state index contributed by atoms with van der Waals surface area (Å²) >= 11 is 6.19. The van der Waals surface area contributed by atoms with E-state index >= 15 is 0 Å². The molecule has 30 heavy (non-hydrogen) atoms. The van der Waals surface area contributed by atoms with Crippen molar-refractivity contribution in [1.82, 2.24) is 4.90 Å². The molecule has 1 saturated carbocycles. The van der Waals surface area contributed by atoms with Crippen LogP contribution in [0.15, 0.2) is 48.5 Å². The molecule has 1 aliphatic heterocycles. The number of anilines is 1. The molecule has 0 unspecified atom stereocenters. The van der Waals surface area contributed by atoms with Crippen molar-refractivity contribution in [3.05, 3.63) is 64.7 Å². The maximum absolute atomic E-state index is 13.3. The van der Waals surface area contributed by atoms with Gasteiger partial charge in [0, 0.05) is 19.5 Å². The van der Waals surface area contributed by atoms with Crippen LogP contribution in [0.25, 0.3) is 0 Å². The molecule has 3 atom stereocenters. The van der Waals surface area contributed by atoms with Gasteiger partial charge in [-0.15, -0.1) is 0 Å². The zero-order valence-corrected chi connectivity index (χ0v) is 17.0. The number of alkyl halides is 3. The number of amides is 2. The van der Waals surface area contributed by atoms with Crippen LogP contribution in [-0.2, 0) is 15.8 Å². The Morgan fingerprint density at radius 3 is 2.50 bits per heavy atom. The van der Waals surface area contributed by atoms with Crippen LogP contribution in [0, 0.1) is 5.92 Å². The second-order valence-corrected chi connectivity index (χ2v) is 8.14. The molecular formula is C22H20ClF3N2O2. The molecule has 0 radical (unpaired) electrons. The summed E-state index contributed by atoms with van der Waals surface area (Å²) in [4.78, 5) is 28.8. The Kier molecular flexibility index (Phi) is 5.26. The van der Waals surface area contributed by atoms with Gasteiger partial charge in [-0.3, -0.25) is 9.59 Å². The van der Waals surface area contributed by atoms with Gasteiger partial charge in [-0.2, -0.15) is 13.2 Å². The van der Waals surface area contributed by atoms with E-state index in [1.165, 1.54) is 17.0 Å². The Morgan fingerprint density at radius 2 is 1.80 bits per heavy atom. The second kappa shape index (κ2) is 7.61. The van der Waals surface area contributed by atoms with E-state index in [0.717, 1.165) is 6.07 Å². The molecule has 4 rings (SSSR count). The van der Waals surface area contributed by atoms with Gasteiger partial charge in [-0.05, 0) is 42.5 Å². The Labute approximate surface area is 177 Å². The number of halogens is 4. The summed E-state index contributed by atoms with van der Waals surface area (Å²) in [5, 5.41) is 0.450. The van der Waals surface area contributed by atoms with Crippen molar-refractivity contribution in [2.75, 3.05) is 18.5 Å². The summed E-state index contributed by atoms with van der Waals surface area (Å²) in [6, 6.07) is 11.7. The Morgan fingerprint density at radius 1 is 1.13 bits per heavy atom. The minimum absolute atomic E-state index is 0.146. The van der Waals surface area contributed by atoms with Gasteiger partial charge in [0.05, 0.1) is 16.3 Å². The maximum Gasteiger partial charge on any atom is 0.416 e. The fourth-order valence-electron chi connectivity index (χ4n) is 4.24. The lowest BCUT2D eigenvalue weighted by atomic mass is 10.0.